The Labute approximate surface area is 155 Å². The Morgan fingerprint density at radius 3 is 2.50 bits per heavy atom. The molecule has 1 heterocycles. The van der Waals surface area contributed by atoms with Gasteiger partial charge < -0.3 is 9.64 Å². The first-order valence-corrected chi connectivity index (χ1v) is 12.4. The summed E-state index contributed by atoms with van der Waals surface area (Å²) in [6.07, 6.45) is -0.591. The van der Waals surface area contributed by atoms with Gasteiger partial charge in [-0.05, 0) is 35.9 Å². The highest BCUT2D eigenvalue weighted by Crippen LogP contribution is 2.29. The number of hydrogen-bond acceptors (Lipinski definition) is 3. The molecule has 0 radical (unpaired) electrons. The first-order valence-electron chi connectivity index (χ1n) is 8.95. The fourth-order valence-corrected chi connectivity index (χ4v) is 5.07. The molecule has 0 aliphatic carbocycles. The smallest absolute Gasteiger partial charge is 0.411 e. The minimum Gasteiger partial charge on any atom is -0.444 e. The molecule has 0 unspecified atom stereocenters. The van der Waals surface area contributed by atoms with E-state index in [1.54, 1.807) is 12.1 Å². The van der Waals surface area contributed by atoms with Crippen LogP contribution in [-0.2, 0) is 11.3 Å². The van der Waals surface area contributed by atoms with Gasteiger partial charge in [-0.15, -0.1) is 0 Å². The van der Waals surface area contributed by atoms with Crippen molar-refractivity contribution in [2.24, 2.45) is 0 Å². The van der Waals surface area contributed by atoms with E-state index in [1.807, 2.05) is 30.3 Å². The van der Waals surface area contributed by atoms with Gasteiger partial charge in [0.15, 0.2) is 0 Å². The average Bonchev–Trinajstić information content (AvgIpc) is 2.62. The van der Waals surface area contributed by atoms with Gasteiger partial charge in [0, 0.05) is 18.8 Å². The summed E-state index contributed by atoms with van der Waals surface area (Å²) in [5.41, 5.74) is 1.91. The van der Waals surface area contributed by atoms with E-state index in [0.717, 1.165) is 18.7 Å². The van der Waals surface area contributed by atoms with Crippen LogP contribution in [0, 0.1) is 5.82 Å². The maximum atomic E-state index is 14.5. The molecule has 4 nitrogen and oxygen atoms in total. The highest BCUT2D eigenvalue weighted by molar-refractivity contribution is 6.77. The summed E-state index contributed by atoms with van der Waals surface area (Å²) in [6.45, 7) is 6.76. The number of halogens is 1. The highest BCUT2D eigenvalue weighted by atomic mass is 28.3. The van der Waals surface area contributed by atoms with Crippen molar-refractivity contribution in [2.45, 2.75) is 31.8 Å². The number of amides is 1. The Hall–Kier alpha value is -2.34. The first-order chi connectivity index (χ1) is 12.4. The minimum atomic E-state index is -1.09. The third kappa shape index (κ3) is 4.85. The summed E-state index contributed by atoms with van der Waals surface area (Å²) in [6, 6.07) is 16.6. The number of benzene rings is 2. The molecule has 0 aromatic heterocycles. The number of hydrogen-bond donors (Lipinski definition) is 1. The molecule has 1 saturated heterocycles. The Morgan fingerprint density at radius 1 is 1.15 bits per heavy atom. The molecule has 26 heavy (non-hydrogen) atoms. The lowest BCUT2D eigenvalue weighted by molar-refractivity contribution is 0.155. The number of rotatable bonds is 4. The van der Waals surface area contributed by atoms with E-state index in [4.69, 9.17) is 4.74 Å². The molecular weight excluding hydrogens is 347 g/mol. The lowest BCUT2D eigenvalue weighted by Gasteiger charge is -2.37. The molecule has 3 rings (SSSR count). The van der Waals surface area contributed by atoms with Crippen LogP contribution in [0.15, 0.2) is 48.5 Å². The van der Waals surface area contributed by atoms with Crippen LogP contribution < -0.4 is 10.2 Å². The van der Waals surface area contributed by atoms with Gasteiger partial charge in [0.2, 0.25) is 0 Å². The van der Waals surface area contributed by atoms with Gasteiger partial charge in [-0.1, -0.05) is 43.4 Å². The molecule has 0 saturated carbocycles. The Kier molecular flexibility index (Phi) is 5.61. The molecule has 0 spiro atoms. The van der Waals surface area contributed by atoms with Crippen LogP contribution in [-0.4, -0.2) is 27.3 Å². The number of carbonyl (C=O) groups is 1. The summed E-state index contributed by atoms with van der Waals surface area (Å²) in [4.78, 5) is 14.0. The largest absolute Gasteiger partial charge is 0.444 e. The molecular formula is C20H25FN2O2Si. The second-order valence-corrected chi connectivity index (χ2v) is 12.8. The lowest BCUT2D eigenvalue weighted by atomic mass is 10.2. The fraction of sp³-hybridized carbons (Fsp3) is 0.350. The van der Waals surface area contributed by atoms with Crippen LogP contribution in [0.2, 0.25) is 25.2 Å². The standard InChI is InChI=1S/C20H25FN2O2Si/c1-26(2)12-10-23(11-13-26)19-9-8-17(14-18(19)21)22-20(24)25-15-16-6-4-3-5-7-16/h3-9,14H,10-13,15H2,1-2H3,(H,22,24). The number of nitrogens with zero attached hydrogens (tertiary/aromatic N) is 1. The topological polar surface area (TPSA) is 41.6 Å². The van der Waals surface area contributed by atoms with E-state index < -0.39 is 14.2 Å². The number of carbonyl (C=O) groups excluding carboxylic acids is 1. The van der Waals surface area contributed by atoms with Crippen molar-refractivity contribution in [3.8, 4) is 0 Å². The van der Waals surface area contributed by atoms with Crippen LogP contribution in [0.5, 0.6) is 0 Å². The zero-order valence-corrected chi connectivity index (χ0v) is 16.3. The van der Waals surface area contributed by atoms with Crippen LogP contribution >= 0.6 is 0 Å². The number of anilines is 2. The van der Waals surface area contributed by atoms with E-state index in [2.05, 4.69) is 23.3 Å². The van der Waals surface area contributed by atoms with E-state index in [0.29, 0.717) is 11.4 Å². The minimum absolute atomic E-state index is 0.181. The Bertz CT molecular complexity index is 758. The van der Waals surface area contributed by atoms with Crippen molar-refractivity contribution in [3.05, 3.63) is 59.9 Å². The number of ether oxygens (including phenoxy) is 1. The molecule has 2 aromatic rings. The SMILES string of the molecule is C[Si]1(C)CCN(c2ccc(NC(=O)OCc3ccccc3)cc2F)CC1. The van der Waals surface area contributed by atoms with E-state index in [9.17, 15) is 9.18 Å². The van der Waals surface area contributed by atoms with Crippen LogP contribution in [0.25, 0.3) is 0 Å². The third-order valence-electron chi connectivity index (χ3n) is 4.86. The van der Waals surface area contributed by atoms with Gasteiger partial charge in [-0.3, -0.25) is 5.32 Å². The molecule has 1 N–H and O–H groups in total. The Morgan fingerprint density at radius 2 is 1.85 bits per heavy atom. The monoisotopic (exact) mass is 372 g/mol. The molecule has 1 fully saturated rings. The van der Waals surface area contributed by atoms with Crippen molar-refractivity contribution in [1.82, 2.24) is 0 Å². The van der Waals surface area contributed by atoms with Crippen LogP contribution in [0.1, 0.15) is 5.56 Å². The van der Waals surface area contributed by atoms with Crippen molar-refractivity contribution in [2.75, 3.05) is 23.3 Å². The summed E-state index contributed by atoms with van der Waals surface area (Å²) >= 11 is 0. The van der Waals surface area contributed by atoms with Gasteiger partial charge >= 0.3 is 6.09 Å². The summed E-state index contributed by atoms with van der Waals surface area (Å²) in [5, 5.41) is 2.58. The molecule has 2 aromatic carbocycles. The molecule has 1 aliphatic heterocycles. The highest BCUT2D eigenvalue weighted by Gasteiger charge is 2.28. The third-order valence-corrected chi connectivity index (χ3v) is 8.02. The van der Waals surface area contributed by atoms with Crippen molar-refractivity contribution in [1.29, 1.82) is 0 Å². The second-order valence-electron chi connectivity index (χ2n) is 7.50. The predicted octanol–water partition coefficient (Wildman–Crippen LogP) is 5.10. The summed E-state index contributed by atoms with van der Waals surface area (Å²) < 4.78 is 19.7. The molecule has 138 valence electrons. The van der Waals surface area contributed by atoms with Crippen molar-refractivity contribution in [3.63, 3.8) is 0 Å². The van der Waals surface area contributed by atoms with Crippen molar-refractivity contribution < 1.29 is 13.9 Å². The molecule has 0 atom stereocenters. The zero-order valence-electron chi connectivity index (χ0n) is 15.3. The molecule has 6 heteroatoms. The quantitative estimate of drug-likeness (QED) is 0.759. The van der Waals surface area contributed by atoms with Crippen LogP contribution in [0.4, 0.5) is 20.6 Å². The fourth-order valence-electron chi connectivity index (χ4n) is 3.07. The second kappa shape index (κ2) is 7.91. The van der Waals surface area contributed by atoms with E-state index >= 15 is 0 Å². The molecule has 1 aliphatic rings. The lowest BCUT2D eigenvalue weighted by Crippen LogP contribution is -2.43. The zero-order chi connectivity index (χ0) is 18.6. The average molecular weight is 373 g/mol. The molecule has 1 amide bonds. The van der Waals surface area contributed by atoms with Gasteiger partial charge in [0.1, 0.15) is 12.4 Å². The van der Waals surface area contributed by atoms with Crippen molar-refractivity contribution >= 4 is 25.5 Å². The van der Waals surface area contributed by atoms with Gasteiger partial charge in [0.05, 0.1) is 13.8 Å². The normalized spacial score (nSPS) is 16.2. The maximum absolute atomic E-state index is 14.5. The van der Waals surface area contributed by atoms with E-state index in [-0.39, 0.29) is 12.4 Å². The van der Waals surface area contributed by atoms with Crippen LogP contribution in [0.3, 0.4) is 0 Å². The maximum Gasteiger partial charge on any atom is 0.411 e. The number of nitrogens with one attached hydrogen (secondary N) is 1. The van der Waals surface area contributed by atoms with Gasteiger partial charge in [-0.2, -0.15) is 0 Å². The Balaban J connectivity index is 1.56. The predicted molar refractivity (Wildman–Crippen MR) is 106 cm³/mol. The molecule has 0 bridgehead atoms. The van der Waals surface area contributed by atoms with Gasteiger partial charge in [-0.25, -0.2) is 9.18 Å². The summed E-state index contributed by atoms with van der Waals surface area (Å²) in [5.74, 6) is -0.313. The summed E-state index contributed by atoms with van der Waals surface area (Å²) in [7, 11) is -1.09. The van der Waals surface area contributed by atoms with E-state index in [1.165, 1.54) is 18.2 Å². The first kappa shape index (κ1) is 18.4. The van der Waals surface area contributed by atoms with Gasteiger partial charge in [0.25, 0.3) is 0 Å².